The lowest BCUT2D eigenvalue weighted by Crippen LogP contribution is -2.57. The summed E-state index contributed by atoms with van der Waals surface area (Å²) in [6.07, 6.45) is 4.67. The highest BCUT2D eigenvalue weighted by Gasteiger charge is 2.41. The molecule has 0 spiro atoms. The molecule has 2 aromatic carbocycles. The summed E-state index contributed by atoms with van der Waals surface area (Å²) in [4.78, 5) is 0. The highest BCUT2D eigenvalue weighted by molar-refractivity contribution is 6.31. The molecule has 3 nitrogen and oxygen atoms in total. The molecular weight excluding hydrogens is 344 g/mol. The molecule has 1 fully saturated rings. The van der Waals surface area contributed by atoms with Crippen LogP contribution in [0.5, 0.6) is 5.75 Å². The number of benzene rings is 2. The fraction of sp³-hybridized carbons (Fsp3) is 0.455. The van der Waals surface area contributed by atoms with Gasteiger partial charge in [0, 0.05) is 17.6 Å². The van der Waals surface area contributed by atoms with E-state index in [1.165, 1.54) is 29.5 Å². The first-order valence-corrected chi connectivity index (χ1v) is 9.79. The lowest BCUT2D eigenvalue weighted by molar-refractivity contribution is 0.176. The molecule has 1 aliphatic rings. The first-order valence-electron chi connectivity index (χ1n) is 9.41. The number of methoxy groups -OCH3 is 1. The molecule has 3 rings (SSSR count). The molecule has 2 atom stereocenters. The Balaban J connectivity index is 1.86. The van der Waals surface area contributed by atoms with Gasteiger partial charge < -0.3 is 15.4 Å². The molecule has 0 aromatic heterocycles. The molecule has 0 aliphatic heterocycles. The van der Waals surface area contributed by atoms with Crippen molar-refractivity contribution in [3.05, 3.63) is 64.2 Å². The maximum absolute atomic E-state index is 6.59. The normalized spacial score (nSPS) is 23.0. The zero-order chi connectivity index (χ0) is 18.6. The maximum atomic E-state index is 6.59. The van der Waals surface area contributed by atoms with E-state index in [9.17, 15) is 0 Å². The van der Waals surface area contributed by atoms with Crippen molar-refractivity contribution in [3.8, 4) is 5.75 Å². The van der Waals surface area contributed by atoms with E-state index in [2.05, 4.69) is 48.9 Å². The summed E-state index contributed by atoms with van der Waals surface area (Å²) in [5, 5.41) is 8.29. The number of ether oxygens (including phenoxy) is 1. The van der Waals surface area contributed by atoms with Gasteiger partial charge >= 0.3 is 0 Å². The van der Waals surface area contributed by atoms with Gasteiger partial charge in [0.25, 0.3) is 0 Å². The number of hydrogen-bond acceptors (Lipinski definition) is 3. The Bertz CT molecular complexity index is 749. The van der Waals surface area contributed by atoms with Gasteiger partial charge in [0.15, 0.2) is 0 Å². The standard InChI is InChI=1S/C22H29ClN2O/c1-16-11-12-18(26-3)14-17(16)15-25-21-10-6-7-13-22(21,24-2)19-8-4-5-9-20(19)23/h4-5,8-9,11-12,14,21,24-25H,6-7,10,13,15H2,1-3H3/t21-,22+/m0/s1. The summed E-state index contributed by atoms with van der Waals surface area (Å²) >= 11 is 6.59. The van der Waals surface area contributed by atoms with Crippen molar-refractivity contribution in [1.29, 1.82) is 0 Å². The zero-order valence-electron chi connectivity index (χ0n) is 15.9. The van der Waals surface area contributed by atoms with E-state index in [4.69, 9.17) is 16.3 Å². The first-order chi connectivity index (χ1) is 12.6. The fourth-order valence-corrected chi connectivity index (χ4v) is 4.53. The Hall–Kier alpha value is -1.55. The third-order valence-electron chi connectivity index (χ3n) is 5.80. The molecule has 1 saturated carbocycles. The highest BCUT2D eigenvalue weighted by atomic mass is 35.5. The summed E-state index contributed by atoms with van der Waals surface area (Å²) in [7, 11) is 3.77. The van der Waals surface area contributed by atoms with Gasteiger partial charge in [0.05, 0.1) is 12.6 Å². The summed E-state index contributed by atoms with van der Waals surface area (Å²) in [6.45, 7) is 2.97. The highest BCUT2D eigenvalue weighted by Crippen LogP contribution is 2.40. The number of hydrogen-bond donors (Lipinski definition) is 2. The smallest absolute Gasteiger partial charge is 0.119 e. The minimum Gasteiger partial charge on any atom is -0.497 e. The Morgan fingerprint density at radius 1 is 1.19 bits per heavy atom. The van der Waals surface area contributed by atoms with Crippen molar-refractivity contribution in [2.75, 3.05) is 14.2 Å². The maximum Gasteiger partial charge on any atom is 0.119 e. The zero-order valence-corrected chi connectivity index (χ0v) is 16.7. The van der Waals surface area contributed by atoms with Gasteiger partial charge in [-0.05, 0) is 61.7 Å². The molecule has 0 saturated heterocycles. The third-order valence-corrected chi connectivity index (χ3v) is 6.13. The monoisotopic (exact) mass is 372 g/mol. The van der Waals surface area contributed by atoms with Crippen LogP contribution in [0, 0.1) is 6.92 Å². The number of likely N-dealkylation sites (N-methyl/N-ethyl adjacent to an activating group) is 1. The number of aryl methyl sites for hydroxylation is 1. The lowest BCUT2D eigenvalue weighted by atomic mass is 9.72. The summed E-state index contributed by atoms with van der Waals surface area (Å²) in [5.41, 5.74) is 3.62. The fourth-order valence-electron chi connectivity index (χ4n) is 4.23. The minimum absolute atomic E-state index is 0.136. The van der Waals surface area contributed by atoms with Gasteiger partial charge in [-0.15, -0.1) is 0 Å². The quantitative estimate of drug-likeness (QED) is 0.763. The summed E-state index contributed by atoms with van der Waals surface area (Å²) in [5.74, 6) is 0.905. The molecule has 140 valence electrons. The van der Waals surface area contributed by atoms with E-state index in [-0.39, 0.29) is 5.54 Å². The second-order valence-electron chi connectivity index (χ2n) is 7.17. The van der Waals surface area contributed by atoms with Crippen molar-refractivity contribution in [2.45, 2.75) is 50.7 Å². The van der Waals surface area contributed by atoms with Crippen LogP contribution in [-0.4, -0.2) is 20.2 Å². The summed E-state index contributed by atoms with van der Waals surface area (Å²) < 4.78 is 5.39. The second-order valence-corrected chi connectivity index (χ2v) is 7.58. The van der Waals surface area contributed by atoms with Crippen molar-refractivity contribution in [1.82, 2.24) is 10.6 Å². The number of rotatable bonds is 6. The van der Waals surface area contributed by atoms with Crippen LogP contribution in [0.3, 0.4) is 0 Å². The van der Waals surface area contributed by atoms with Gasteiger partial charge in [-0.25, -0.2) is 0 Å². The van der Waals surface area contributed by atoms with Crippen molar-refractivity contribution in [2.24, 2.45) is 0 Å². The van der Waals surface area contributed by atoms with E-state index in [0.29, 0.717) is 6.04 Å². The molecule has 26 heavy (non-hydrogen) atoms. The third kappa shape index (κ3) is 3.75. The molecule has 4 heteroatoms. The lowest BCUT2D eigenvalue weighted by Gasteiger charge is -2.45. The van der Waals surface area contributed by atoms with Crippen LogP contribution in [0.2, 0.25) is 5.02 Å². The van der Waals surface area contributed by atoms with Gasteiger partial charge in [0.1, 0.15) is 5.75 Å². The Morgan fingerprint density at radius 2 is 2.00 bits per heavy atom. The Kier molecular flexibility index (Phi) is 6.23. The minimum atomic E-state index is -0.136. The molecule has 0 radical (unpaired) electrons. The van der Waals surface area contributed by atoms with Crippen LogP contribution in [0.15, 0.2) is 42.5 Å². The van der Waals surface area contributed by atoms with E-state index in [1.54, 1.807) is 7.11 Å². The molecule has 0 amide bonds. The number of nitrogens with one attached hydrogen (secondary N) is 2. The van der Waals surface area contributed by atoms with E-state index < -0.39 is 0 Å². The van der Waals surface area contributed by atoms with Crippen LogP contribution >= 0.6 is 11.6 Å². The molecule has 0 unspecified atom stereocenters. The largest absolute Gasteiger partial charge is 0.497 e. The Labute approximate surface area is 162 Å². The topological polar surface area (TPSA) is 33.3 Å². The van der Waals surface area contributed by atoms with E-state index >= 15 is 0 Å². The van der Waals surface area contributed by atoms with E-state index in [1.807, 2.05) is 18.2 Å². The molecular formula is C22H29ClN2O. The average molecular weight is 373 g/mol. The number of halogens is 1. The van der Waals surface area contributed by atoms with Crippen LogP contribution in [0.25, 0.3) is 0 Å². The van der Waals surface area contributed by atoms with Gasteiger partial charge in [-0.1, -0.05) is 48.7 Å². The second kappa shape index (κ2) is 8.43. The van der Waals surface area contributed by atoms with Crippen LogP contribution in [0.1, 0.15) is 42.4 Å². The van der Waals surface area contributed by atoms with Crippen LogP contribution in [-0.2, 0) is 12.1 Å². The van der Waals surface area contributed by atoms with Crippen molar-refractivity contribution in [3.63, 3.8) is 0 Å². The van der Waals surface area contributed by atoms with Crippen LogP contribution < -0.4 is 15.4 Å². The van der Waals surface area contributed by atoms with Crippen molar-refractivity contribution >= 4 is 11.6 Å². The van der Waals surface area contributed by atoms with Gasteiger partial charge in [-0.3, -0.25) is 0 Å². The molecule has 1 aliphatic carbocycles. The predicted octanol–water partition coefficient (Wildman–Crippen LogP) is 4.80. The molecule has 2 N–H and O–H groups in total. The van der Waals surface area contributed by atoms with Crippen LogP contribution in [0.4, 0.5) is 0 Å². The first kappa shape index (κ1) is 19.2. The van der Waals surface area contributed by atoms with Gasteiger partial charge in [-0.2, -0.15) is 0 Å². The Morgan fingerprint density at radius 3 is 2.73 bits per heavy atom. The van der Waals surface area contributed by atoms with Gasteiger partial charge in [0.2, 0.25) is 0 Å². The molecule has 2 aromatic rings. The molecule has 0 heterocycles. The van der Waals surface area contributed by atoms with Crippen molar-refractivity contribution < 1.29 is 4.74 Å². The average Bonchev–Trinajstić information content (AvgIpc) is 2.68. The molecule has 0 bridgehead atoms. The van der Waals surface area contributed by atoms with E-state index in [0.717, 1.165) is 30.2 Å². The SMILES string of the molecule is CN[C@@]1(c2ccccc2Cl)CCCC[C@@H]1NCc1cc(OC)ccc1C. The summed E-state index contributed by atoms with van der Waals surface area (Å²) in [6, 6.07) is 14.8. The predicted molar refractivity (Wildman–Crippen MR) is 109 cm³/mol.